The topological polar surface area (TPSA) is 12.9 Å². The van der Waals surface area contributed by atoms with E-state index in [0.29, 0.717) is 0 Å². The van der Waals surface area contributed by atoms with Crippen LogP contribution in [0.2, 0.25) is 0 Å². The molecule has 1 nitrogen and oxygen atoms in total. The molecule has 0 amide bonds. The molecular formula is C25H15N. The zero-order chi connectivity index (χ0) is 17.1. The molecule has 1 heteroatoms. The summed E-state index contributed by atoms with van der Waals surface area (Å²) in [5.74, 6) is 0. The van der Waals surface area contributed by atoms with Crippen LogP contribution in [0.15, 0.2) is 91.1 Å². The first kappa shape index (κ1) is 13.8. The van der Waals surface area contributed by atoms with E-state index in [9.17, 15) is 0 Å². The van der Waals surface area contributed by atoms with Crippen molar-refractivity contribution in [2.75, 3.05) is 0 Å². The van der Waals surface area contributed by atoms with Crippen LogP contribution in [0.1, 0.15) is 0 Å². The monoisotopic (exact) mass is 329 g/mol. The maximum absolute atomic E-state index is 4.75. The SMILES string of the molecule is c1ccc(-c2c3ccccc3c3c4c(cccc24)-c2cccnc2-3)cc1. The molecule has 0 unspecified atom stereocenters. The Morgan fingerprint density at radius 1 is 0.500 bits per heavy atom. The van der Waals surface area contributed by atoms with E-state index < -0.39 is 0 Å². The molecular weight excluding hydrogens is 314 g/mol. The van der Waals surface area contributed by atoms with Gasteiger partial charge >= 0.3 is 0 Å². The standard InChI is InChI=1S/C25H15N/c1-2-8-16(9-3-1)22-17-10-4-5-11-18(17)24-23-19(12-6-13-21(22)23)20-14-7-15-26-25(20)24/h1-15H. The predicted octanol–water partition coefficient (Wildman–Crippen LogP) is 6.70. The molecule has 4 aromatic carbocycles. The summed E-state index contributed by atoms with van der Waals surface area (Å²) >= 11 is 0. The highest BCUT2D eigenvalue weighted by molar-refractivity contribution is 6.28. The second-order valence-electron chi connectivity index (χ2n) is 6.79. The number of benzene rings is 4. The summed E-state index contributed by atoms with van der Waals surface area (Å²) in [6, 6.07) is 30.3. The molecule has 0 spiro atoms. The molecule has 26 heavy (non-hydrogen) atoms. The first-order chi connectivity index (χ1) is 12.9. The second kappa shape index (κ2) is 5.03. The van der Waals surface area contributed by atoms with Crippen molar-refractivity contribution in [2.45, 2.75) is 0 Å². The molecule has 0 atom stereocenters. The number of nitrogens with zero attached hydrogens (tertiary/aromatic N) is 1. The Morgan fingerprint density at radius 2 is 1.19 bits per heavy atom. The van der Waals surface area contributed by atoms with Gasteiger partial charge < -0.3 is 0 Å². The van der Waals surface area contributed by atoms with Crippen molar-refractivity contribution < 1.29 is 0 Å². The fourth-order valence-electron chi connectivity index (χ4n) is 4.44. The zero-order valence-corrected chi connectivity index (χ0v) is 14.1. The van der Waals surface area contributed by atoms with Gasteiger partial charge in [-0.3, -0.25) is 4.98 Å². The van der Waals surface area contributed by atoms with Crippen LogP contribution < -0.4 is 0 Å². The first-order valence-electron chi connectivity index (χ1n) is 8.92. The van der Waals surface area contributed by atoms with Gasteiger partial charge in [0.15, 0.2) is 0 Å². The van der Waals surface area contributed by atoms with Crippen LogP contribution in [0.5, 0.6) is 0 Å². The van der Waals surface area contributed by atoms with Crippen LogP contribution in [0.3, 0.4) is 0 Å². The summed E-state index contributed by atoms with van der Waals surface area (Å²) in [4.78, 5) is 4.75. The molecule has 1 aliphatic rings. The fraction of sp³-hybridized carbons (Fsp3) is 0. The Kier molecular flexibility index (Phi) is 2.67. The van der Waals surface area contributed by atoms with Gasteiger partial charge in [0.25, 0.3) is 0 Å². The third kappa shape index (κ3) is 1.67. The highest BCUT2D eigenvalue weighted by Crippen LogP contribution is 2.52. The molecule has 6 rings (SSSR count). The third-order valence-corrected chi connectivity index (χ3v) is 5.45. The smallest absolute Gasteiger partial charge is 0.0793 e. The molecule has 1 aromatic heterocycles. The lowest BCUT2D eigenvalue weighted by Gasteiger charge is -2.14. The van der Waals surface area contributed by atoms with E-state index in [0.717, 1.165) is 5.69 Å². The van der Waals surface area contributed by atoms with E-state index in [-0.39, 0.29) is 0 Å². The average molecular weight is 329 g/mol. The maximum Gasteiger partial charge on any atom is 0.0793 e. The van der Waals surface area contributed by atoms with Gasteiger partial charge in [0, 0.05) is 22.7 Å². The highest BCUT2D eigenvalue weighted by Gasteiger charge is 2.26. The van der Waals surface area contributed by atoms with E-state index >= 15 is 0 Å². The van der Waals surface area contributed by atoms with Crippen LogP contribution in [0.4, 0.5) is 0 Å². The van der Waals surface area contributed by atoms with Crippen LogP contribution in [-0.4, -0.2) is 4.98 Å². The Balaban J connectivity index is 1.92. The highest BCUT2D eigenvalue weighted by atomic mass is 14.7. The Labute approximate surface area is 151 Å². The summed E-state index contributed by atoms with van der Waals surface area (Å²) in [6.07, 6.45) is 1.90. The summed E-state index contributed by atoms with van der Waals surface area (Å²) in [6.45, 7) is 0. The minimum Gasteiger partial charge on any atom is -0.256 e. The van der Waals surface area contributed by atoms with E-state index in [2.05, 4.69) is 78.9 Å². The summed E-state index contributed by atoms with van der Waals surface area (Å²) in [5.41, 5.74) is 7.49. The molecule has 0 saturated carbocycles. The van der Waals surface area contributed by atoms with Gasteiger partial charge in [0.2, 0.25) is 0 Å². The molecule has 0 saturated heterocycles. The van der Waals surface area contributed by atoms with Gasteiger partial charge in [-0.25, -0.2) is 0 Å². The maximum atomic E-state index is 4.75. The lowest BCUT2D eigenvalue weighted by Crippen LogP contribution is -1.88. The minimum atomic E-state index is 1.11. The van der Waals surface area contributed by atoms with Crippen LogP contribution >= 0.6 is 0 Å². The van der Waals surface area contributed by atoms with Crippen LogP contribution in [0.25, 0.3) is 55.1 Å². The van der Waals surface area contributed by atoms with Crippen molar-refractivity contribution in [3.8, 4) is 33.5 Å². The van der Waals surface area contributed by atoms with Gasteiger partial charge in [0.1, 0.15) is 0 Å². The molecule has 0 radical (unpaired) electrons. The van der Waals surface area contributed by atoms with E-state index in [1.165, 1.54) is 49.4 Å². The molecule has 0 fully saturated rings. The van der Waals surface area contributed by atoms with Crippen molar-refractivity contribution in [3.63, 3.8) is 0 Å². The van der Waals surface area contributed by atoms with Crippen LogP contribution in [-0.2, 0) is 0 Å². The number of pyridine rings is 1. The fourth-order valence-corrected chi connectivity index (χ4v) is 4.44. The first-order valence-corrected chi connectivity index (χ1v) is 8.92. The van der Waals surface area contributed by atoms with Gasteiger partial charge in [-0.15, -0.1) is 0 Å². The van der Waals surface area contributed by atoms with Crippen molar-refractivity contribution >= 4 is 21.5 Å². The van der Waals surface area contributed by atoms with E-state index in [1.807, 2.05) is 12.3 Å². The minimum absolute atomic E-state index is 1.11. The molecule has 0 aliphatic heterocycles. The largest absolute Gasteiger partial charge is 0.256 e. The number of rotatable bonds is 1. The molecule has 5 aromatic rings. The van der Waals surface area contributed by atoms with E-state index in [1.54, 1.807) is 0 Å². The number of fused-ring (bicyclic) bond motifs is 5. The predicted molar refractivity (Wildman–Crippen MR) is 109 cm³/mol. The Bertz CT molecular complexity index is 1300. The zero-order valence-electron chi connectivity index (χ0n) is 14.1. The van der Waals surface area contributed by atoms with Crippen molar-refractivity contribution in [1.82, 2.24) is 4.98 Å². The summed E-state index contributed by atoms with van der Waals surface area (Å²) in [5, 5.41) is 5.21. The molecule has 0 bridgehead atoms. The van der Waals surface area contributed by atoms with Gasteiger partial charge in [-0.2, -0.15) is 0 Å². The Morgan fingerprint density at radius 3 is 2.04 bits per heavy atom. The summed E-state index contributed by atoms with van der Waals surface area (Å²) < 4.78 is 0. The molecule has 1 heterocycles. The van der Waals surface area contributed by atoms with Gasteiger partial charge in [-0.1, -0.05) is 78.9 Å². The van der Waals surface area contributed by atoms with Crippen molar-refractivity contribution in [2.24, 2.45) is 0 Å². The quantitative estimate of drug-likeness (QED) is 0.306. The lowest BCUT2D eigenvalue weighted by atomic mass is 9.88. The van der Waals surface area contributed by atoms with Gasteiger partial charge in [0.05, 0.1) is 5.69 Å². The second-order valence-corrected chi connectivity index (χ2v) is 6.79. The number of aromatic nitrogens is 1. The normalized spacial score (nSPS) is 11.8. The average Bonchev–Trinajstić information content (AvgIpc) is 3.05. The third-order valence-electron chi connectivity index (χ3n) is 5.45. The summed E-state index contributed by atoms with van der Waals surface area (Å²) in [7, 11) is 0. The Hall–Kier alpha value is -3.45. The van der Waals surface area contributed by atoms with Crippen LogP contribution in [0, 0.1) is 0 Å². The van der Waals surface area contributed by atoms with E-state index in [4.69, 9.17) is 4.98 Å². The molecule has 0 N–H and O–H groups in total. The lowest BCUT2D eigenvalue weighted by molar-refractivity contribution is 1.35. The van der Waals surface area contributed by atoms with Crippen molar-refractivity contribution in [1.29, 1.82) is 0 Å². The molecule has 120 valence electrons. The van der Waals surface area contributed by atoms with Crippen molar-refractivity contribution in [3.05, 3.63) is 91.1 Å². The molecule has 1 aliphatic carbocycles. The number of hydrogen-bond acceptors (Lipinski definition) is 1. The number of hydrogen-bond donors (Lipinski definition) is 0. The van der Waals surface area contributed by atoms with Gasteiger partial charge in [-0.05, 0) is 38.9 Å².